The molecule has 0 aliphatic carbocycles. The van der Waals surface area contributed by atoms with Gasteiger partial charge < -0.3 is 15.2 Å². The molecule has 0 aliphatic heterocycles. The second-order valence-electron chi connectivity index (χ2n) is 3.32. The molecule has 0 aromatic heterocycles. The maximum atomic E-state index is 10.5. The van der Waals surface area contributed by atoms with Gasteiger partial charge in [0, 0.05) is 11.3 Å². The third-order valence-corrected chi connectivity index (χ3v) is 2.25. The predicted molar refractivity (Wildman–Crippen MR) is 75.7 cm³/mol. The van der Waals surface area contributed by atoms with E-state index in [0.29, 0.717) is 5.69 Å². The maximum Gasteiger partial charge on any atom is 0.138 e. The zero-order valence-corrected chi connectivity index (χ0v) is 11.5. The van der Waals surface area contributed by atoms with Gasteiger partial charge in [-0.1, -0.05) is 64.5 Å². The molecule has 2 aromatic carbocycles. The Labute approximate surface area is 115 Å². The smallest absolute Gasteiger partial charge is 0.138 e. The van der Waals surface area contributed by atoms with Crippen LogP contribution in [0.3, 0.4) is 0 Å². The first-order valence-electron chi connectivity index (χ1n) is 5.27. The van der Waals surface area contributed by atoms with Crippen LogP contribution >= 0.6 is 15.9 Å². The van der Waals surface area contributed by atoms with Crippen LogP contribution in [0.15, 0.2) is 54.6 Å². The van der Waals surface area contributed by atoms with Crippen molar-refractivity contribution in [2.75, 3.05) is 11.1 Å². The Morgan fingerprint density at radius 1 is 1.00 bits per heavy atom. The first-order chi connectivity index (χ1) is 8.77. The number of hydrogen-bond acceptors (Lipinski definition) is 2. The average Bonchev–Trinajstić information content (AvgIpc) is 2.42. The van der Waals surface area contributed by atoms with Crippen LogP contribution in [0.5, 0.6) is 0 Å². The van der Waals surface area contributed by atoms with E-state index in [1.165, 1.54) is 0 Å². The molecule has 0 bridgehead atoms. The number of halogens is 1. The predicted octanol–water partition coefficient (Wildman–Crippen LogP) is 3.12. The number of alkyl halides is 1. The summed E-state index contributed by atoms with van der Waals surface area (Å²) in [5, 5.41) is 12.8. The minimum atomic E-state index is -1.30. The third kappa shape index (κ3) is 3.89. The monoisotopic (exact) mass is 306 g/mol. The van der Waals surface area contributed by atoms with Crippen LogP contribution in [0.2, 0.25) is 0 Å². The van der Waals surface area contributed by atoms with Crippen LogP contribution in [0.25, 0.3) is 11.1 Å². The zero-order valence-electron chi connectivity index (χ0n) is 9.89. The Balaban J connectivity index is 0.000000771. The van der Waals surface area contributed by atoms with E-state index in [1.54, 1.807) is 12.1 Å². The molecule has 1 amide bonds. The Morgan fingerprint density at radius 2 is 1.56 bits per heavy atom. The van der Waals surface area contributed by atoms with Gasteiger partial charge in [-0.2, -0.15) is 0 Å². The van der Waals surface area contributed by atoms with Gasteiger partial charge in [0.15, 0.2) is 0 Å². The lowest BCUT2D eigenvalue weighted by Gasteiger charge is -2.12. The Hall–Kier alpha value is -1.81. The first-order valence-corrected chi connectivity index (χ1v) is 6.86. The number of rotatable bonds is 2. The van der Waals surface area contributed by atoms with Gasteiger partial charge in [0.2, 0.25) is 0 Å². The van der Waals surface area contributed by atoms with E-state index < -0.39 is 6.09 Å². The van der Waals surface area contributed by atoms with Crippen molar-refractivity contribution in [3.63, 3.8) is 0 Å². The highest BCUT2D eigenvalue weighted by Gasteiger charge is 2.02. The number of carbonyl (C=O) groups excluding carboxylic acids is 1. The molecular formula is C14H13BrNO2-. The topological polar surface area (TPSA) is 52.2 Å². The quantitative estimate of drug-likeness (QED) is 0.867. The fourth-order valence-corrected chi connectivity index (χ4v) is 1.57. The number of hydrogen-bond donors (Lipinski definition) is 1. The van der Waals surface area contributed by atoms with Crippen LogP contribution in [0.4, 0.5) is 10.5 Å². The molecule has 0 aliphatic rings. The SMILES string of the molecule is CBr.O=C([O-])Nc1ccccc1-c1ccccc1. The van der Waals surface area contributed by atoms with Gasteiger partial charge in [0.1, 0.15) is 6.09 Å². The van der Waals surface area contributed by atoms with E-state index in [9.17, 15) is 9.90 Å². The Bertz CT molecular complexity index is 500. The fourth-order valence-electron chi connectivity index (χ4n) is 1.57. The van der Waals surface area contributed by atoms with Crippen molar-refractivity contribution in [1.82, 2.24) is 0 Å². The molecule has 0 atom stereocenters. The molecule has 0 saturated carbocycles. The van der Waals surface area contributed by atoms with Gasteiger partial charge in [-0.05, 0) is 17.5 Å². The van der Waals surface area contributed by atoms with Crippen LogP contribution in [-0.2, 0) is 0 Å². The van der Waals surface area contributed by atoms with Crippen molar-refractivity contribution in [3.05, 3.63) is 54.6 Å². The minimum Gasteiger partial charge on any atom is -0.530 e. The zero-order chi connectivity index (χ0) is 13.4. The van der Waals surface area contributed by atoms with Crippen molar-refractivity contribution in [2.24, 2.45) is 0 Å². The van der Waals surface area contributed by atoms with Crippen molar-refractivity contribution in [2.45, 2.75) is 0 Å². The molecule has 18 heavy (non-hydrogen) atoms. The lowest BCUT2D eigenvalue weighted by Crippen LogP contribution is -2.28. The van der Waals surface area contributed by atoms with Gasteiger partial charge in [-0.15, -0.1) is 0 Å². The van der Waals surface area contributed by atoms with E-state index >= 15 is 0 Å². The molecular weight excluding hydrogens is 294 g/mol. The molecule has 4 heteroatoms. The number of para-hydroxylation sites is 1. The number of nitrogens with one attached hydrogen (secondary N) is 1. The number of anilines is 1. The molecule has 0 fully saturated rings. The van der Waals surface area contributed by atoms with Crippen molar-refractivity contribution < 1.29 is 9.90 Å². The lowest BCUT2D eigenvalue weighted by molar-refractivity contribution is -0.242. The molecule has 3 nitrogen and oxygen atoms in total. The van der Waals surface area contributed by atoms with Gasteiger partial charge >= 0.3 is 0 Å². The first kappa shape index (κ1) is 14.3. The Morgan fingerprint density at radius 3 is 2.17 bits per heavy atom. The maximum absolute atomic E-state index is 10.5. The van der Waals surface area contributed by atoms with Crippen molar-refractivity contribution >= 4 is 27.7 Å². The molecule has 0 spiro atoms. The second kappa shape index (κ2) is 7.50. The van der Waals surface area contributed by atoms with Crippen LogP contribution in [0.1, 0.15) is 0 Å². The molecule has 0 saturated heterocycles. The Kier molecular flexibility index (Phi) is 5.94. The summed E-state index contributed by atoms with van der Waals surface area (Å²) in [4.78, 5) is 10.5. The summed E-state index contributed by atoms with van der Waals surface area (Å²) >= 11 is 2.94. The van der Waals surface area contributed by atoms with E-state index in [1.807, 2.05) is 48.3 Å². The van der Waals surface area contributed by atoms with Crippen molar-refractivity contribution in [1.29, 1.82) is 0 Å². The number of carboxylic acid groups (broad SMARTS) is 1. The molecule has 0 unspecified atom stereocenters. The fraction of sp³-hybridized carbons (Fsp3) is 0.0714. The third-order valence-electron chi connectivity index (χ3n) is 2.25. The average molecular weight is 307 g/mol. The summed E-state index contributed by atoms with van der Waals surface area (Å²) in [5.41, 5.74) is 2.34. The van der Waals surface area contributed by atoms with Gasteiger partial charge in [-0.3, -0.25) is 0 Å². The lowest BCUT2D eigenvalue weighted by atomic mass is 10.0. The van der Waals surface area contributed by atoms with E-state index in [0.717, 1.165) is 11.1 Å². The number of amides is 1. The highest BCUT2D eigenvalue weighted by molar-refractivity contribution is 9.08. The second-order valence-corrected chi connectivity index (χ2v) is 3.32. The largest absolute Gasteiger partial charge is 0.530 e. The summed E-state index contributed by atoms with van der Waals surface area (Å²) in [6.07, 6.45) is -1.30. The standard InChI is InChI=1S/C13H11NO2.CH3Br/c15-13(16)14-12-9-5-4-8-11(12)10-6-2-1-3-7-10;1-2/h1-9,14H,(H,15,16);1H3/p-1. The van der Waals surface area contributed by atoms with Crippen LogP contribution < -0.4 is 10.4 Å². The van der Waals surface area contributed by atoms with E-state index in [-0.39, 0.29) is 0 Å². The molecule has 0 radical (unpaired) electrons. The summed E-state index contributed by atoms with van der Waals surface area (Å²) in [6, 6.07) is 16.8. The van der Waals surface area contributed by atoms with Gasteiger partial charge in [-0.25, -0.2) is 0 Å². The van der Waals surface area contributed by atoms with Gasteiger partial charge in [0.25, 0.3) is 0 Å². The summed E-state index contributed by atoms with van der Waals surface area (Å²) < 4.78 is 0. The minimum absolute atomic E-state index is 0.536. The summed E-state index contributed by atoms with van der Waals surface area (Å²) in [7, 11) is 0. The van der Waals surface area contributed by atoms with E-state index in [2.05, 4.69) is 21.2 Å². The number of benzene rings is 2. The normalized spacial score (nSPS) is 9.00. The van der Waals surface area contributed by atoms with Crippen LogP contribution in [0, 0.1) is 0 Å². The number of carbonyl (C=O) groups is 1. The van der Waals surface area contributed by atoms with Crippen LogP contribution in [-0.4, -0.2) is 11.9 Å². The molecule has 1 N–H and O–H groups in total. The van der Waals surface area contributed by atoms with Crippen molar-refractivity contribution in [3.8, 4) is 11.1 Å². The van der Waals surface area contributed by atoms with E-state index in [4.69, 9.17) is 0 Å². The highest BCUT2D eigenvalue weighted by Crippen LogP contribution is 2.27. The molecule has 94 valence electrons. The summed E-state index contributed by atoms with van der Waals surface area (Å²) in [5.74, 6) is 1.81. The van der Waals surface area contributed by atoms with Gasteiger partial charge in [0.05, 0.1) is 0 Å². The summed E-state index contributed by atoms with van der Waals surface area (Å²) in [6.45, 7) is 0. The highest BCUT2D eigenvalue weighted by atomic mass is 79.9. The molecule has 2 aromatic rings. The molecule has 2 rings (SSSR count). The molecule has 0 heterocycles.